The molecule has 1 aromatic rings. The van der Waals surface area contributed by atoms with Gasteiger partial charge in [-0.2, -0.15) is 0 Å². The van der Waals surface area contributed by atoms with Gasteiger partial charge in [0.15, 0.2) is 0 Å². The number of rotatable bonds is 4. The summed E-state index contributed by atoms with van der Waals surface area (Å²) in [6.07, 6.45) is 0.274. The van der Waals surface area contributed by atoms with E-state index in [9.17, 15) is 19.2 Å². The summed E-state index contributed by atoms with van der Waals surface area (Å²) in [5.41, 5.74) is 1.58. The summed E-state index contributed by atoms with van der Waals surface area (Å²) in [5, 5.41) is 5.64. The molecule has 0 aliphatic carbocycles. The molecule has 4 rings (SSSR count). The fourth-order valence-electron chi connectivity index (χ4n) is 4.77. The van der Waals surface area contributed by atoms with Crippen LogP contribution in [0.5, 0.6) is 0 Å². The first-order valence-electron chi connectivity index (χ1n) is 9.95. The van der Waals surface area contributed by atoms with Gasteiger partial charge < -0.3 is 5.32 Å². The molecule has 2 unspecified atom stereocenters. The van der Waals surface area contributed by atoms with Gasteiger partial charge in [-0.25, -0.2) is 0 Å². The molecule has 29 heavy (non-hydrogen) atoms. The zero-order valence-electron chi connectivity index (χ0n) is 16.9. The number of nitrogens with zero attached hydrogens (tertiary/aromatic N) is 2. The zero-order chi connectivity index (χ0) is 20.9. The molecule has 2 atom stereocenters. The first-order chi connectivity index (χ1) is 13.7. The van der Waals surface area contributed by atoms with Crippen LogP contribution in [0.1, 0.15) is 53.0 Å². The van der Waals surface area contributed by atoms with E-state index in [4.69, 9.17) is 0 Å². The van der Waals surface area contributed by atoms with Crippen LogP contribution in [0.3, 0.4) is 0 Å². The van der Waals surface area contributed by atoms with Crippen LogP contribution < -0.4 is 10.6 Å². The Bertz CT molecular complexity index is 910. The molecule has 8 heteroatoms. The molecule has 0 aromatic heterocycles. The number of piperidine rings is 1. The SMILES string of the molecule is CN(Cc1cccc2c1C(=O)N(C1CCC(=O)NC1=O)C2=O)C1CNCC1(C)C. The van der Waals surface area contributed by atoms with E-state index in [2.05, 4.69) is 29.4 Å². The molecule has 3 aliphatic rings. The number of likely N-dealkylation sites (N-methyl/N-ethyl adjacent to an activating group) is 1. The fourth-order valence-corrected chi connectivity index (χ4v) is 4.77. The summed E-state index contributed by atoms with van der Waals surface area (Å²) in [6, 6.07) is 4.63. The molecule has 2 fully saturated rings. The van der Waals surface area contributed by atoms with Crippen LogP contribution >= 0.6 is 0 Å². The van der Waals surface area contributed by atoms with E-state index in [1.54, 1.807) is 12.1 Å². The van der Waals surface area contributed by atoms with E-state index in [0.29, 0.717) is 23.7 Å². The van der Waals surface area contributed by atoms with Crippen LogP contribution in [0, 0.1) is 5.41 Å². The van der Waals surface area contributed by atoms with E-state index in [1.165, 1.54) is 0 Å². The van der Waals surface area contributed by atoms with E-state index in [1.807, 2.05) is 13.1 Å². The topological polar surface area (TPSA) is 98.8 Å². The van der Waals surface area contributed by atoms with Gasteiger partial charge in [-0.1, -0.05) is 26.0 Å². The van der Waals surface area contributed by atoms with Crippen molar-refractivity contribution >= 4 is 23.6 Å². The molecule has 3 heterocycles. The summed E-state index contributed by atoms with van der Waals surface area (Å²) < 4.78 is 0. The van der Waals surface area contributed by atoms with E-state index < -0.39 is 23.8 Å². The lowest BCUT2D eigenvalue weighted by Crippen LogP contribution is -2.54. The number of nitrogens with one attached hydrogen (secondary N) is 2. The van der Waals surface area contributed by atoms with Crippen LogP contribution in [0.25, 0.3) is 0 Å². The highest BCUT2D eigenvalue weighted by Gasteiger charge is 2.46. The Kier molecular flexibility index (Phi) is 4.78. The summed E-state index contributed by atoms with van der Waals surface area (Å²) in [5.74, 6) is -1.88. The highest BCUT2D eigenvalue weighted by atomic mass is 16.2. The number of fused-ring (bicyclic) bond motifs is 1. The summed E-state index contributed by atoms with van der Waals surface area (Å²) in [4.78, 5) is 53.1. The summed E-state index contributed by atoms with van der Waals surface area (Å²) in [6.45, 7) is 6.75. The van der Waals surface area contributed by atoms with Gasteiger partial charge in [-0.3, -0.25) is 34.3 Å². The molecule has 4 amide bonds. The molecule has 8 nitrogen and oxygen atoms in total. The molecule has 0 bridgehead atoms. The van der Waals surface area contributed by atoms with Crippen molar-refractivity contribution in [3.8, 4) is 0 Å². The Morgan fingerprint density at radius 2 is 1.93 bits per heavy atom. The maximum atomic E-state index is 13.2. The molecule has 1 aromatic carbocycles. The Morgan fingerprint density at radius 3 is 2.59 bits per heavy atom. The van der Waals surface area contributed by atoms with Crippen molar-refractivity contribution in [3.05, 3.63) is 34.9 Å². The number of imide groups is 2. The van der Waals surface area contributed by atoms with Crippen LogP contribution in [-0.2, 0) is 16.1 Å². The number of amides is 4. The zero-order valence-corrected chi connectivity index (χ0v) is 16.9. The Hall–Kier alpha value is -2.58. The second-order valence-electron chi connectivity index (χ2n) is 8.84. The van der Waals surface area contributed by atoms with Crippen LogP contribution in [0.4, 0.5) is 0 Å². The lowest BCUT2D eigenvalue weighted by atomic mass is 9.86. The molecule has 0 radical (unpaired) electrons. The fraction of sp³-hybridized carbons (Fsp3) is 0.524. The molecule has 0 spiro atoms. The largest absolute Gasteiger partial charge is 0.315 e. The van der Waals surface area contributed by atoms with E-state index >= 15 is 0 Å². The molecular weight excluding hydrogens is 372 g/mol. The van der Waals surface area contributed by atoms with Gasteiger partial charge >= 0.3 is 0 Å². The predicted octanol–water partition coefficient (Wildman–Crippen LogP) is 0.518. The average molecular weight is 398 g/mol. The normalized spacial score (nSPS) is 26.3. The Balaban J connectivity index is 1.61. The second kappa shape index (κ2) is 7.03. The maximum absolute atomic E-state index is 13.2. The molecule has 2 N–H and O–H groups in total. The van der Waals surface area contributed by atoms with Gasteiger partial charge in [0.2, 0.25) is 11.8 Å². The second-order valence-corrected chi connectivity index (χ2v) is 8.84. The highest BCUT2D eigenvalue weighted by Crippen LogP contribution is 2.33. The van der Waals surface area contributed by atoms with Crippen LogP contribution in [0.2, 0.25) is 0 Å². The molecule has 0 saturated carbocycles. The number of carbonyl (C=O) groups excluding carboxylic acids is 4. The Morgan fingerprint density at radius 1 is 1.17 bits per heavy atom. The van der Waals surface area contributed by atoms with Crippen molar-refractivity contribution in [3.63, 3.8) is 0 Å². The lowest BCUT2D eigenvalue weighted by molar-refractivity contribution is -0.136. The van der Waals surface area contributed by atoms with Crippen molar-refractivity contribution < 1.29 is 19.2 Å². The maximum Gasteiger partial charge on any atom is 0.262 e. The molecular formula is C21H26N4O4. The number of benzene rings is 1. The van der Waals surface area contributed by atoms with Crippen molar-refractivity contribution in [1.29, 1.82) is 0 Å². The number of hydrogen-bond donors (Lipinski definition) is 2. The first-order valence-corrected chi connectivity index (χ1v) is 9.95. The van der Waals surface area contributed by atoms with Gasteiger partial charge in [0, 0.05) is 32.1 Å². The smallest absolute Gasteiger partial charge is 0.262 e. The average Bonchev–Trinajstić information content (AvgIpc) is 3.13. The standard InChI is InChI=1S/C21H26N4O4/c1-21(2)11-22-9-15(21)24(3)10-12-5-4-6-13-17(12)20(29)25(19(13)28)14-7-8-16(26)23-18(14)27/h4-6,14-15,22H,7-11H2,1-3H3,(H,23,26,27). The Labute approximate surface area is 169 Å². The third-order valence-corrected chi connectivity index (χ3v) is 6.33. The number of hydrogen-bond acceptors (Lipinski definition) is 6. The molecule has 154 valence electrons. The summed E-state index contributed by atoms with van der Waals surface area (Å²) >= 11 is 0. The van der Waals surface area contributed by atoms with Gasteiger partial charge in [0.05, 0.1) is 11.1 Å². The van der Waals surface area contributed by atoms with Crippen LogP contribution in [0.15, 0.2) is 18.2 Å². The van der Waals surface area contributed by atoms with Gasteiger partial charge in [-0.05, 0) is 30.5 Å². The monoisotopic (exact) mass is 398 g/mol. The molecule has 2 saturated heterocycles. The van der Waals surface area contributed by atoms with Crippen molar-refractivity contribution in [2.45, 2.75) is 45.3 Å². The van der Waals surface area contributed by atoms with E-state index in [0.717, 1.165) is 23.6 Å². The number of carbonyl (C=O) groups is 4. The third kappa shape index (κ3) is 3.26. The minimum absolute atomic E-state index is 0.102. The van der Waals surface area contributed by atoms with Crippen molar-refractivity contribution in [2.75, 3.05) is 20.1 Å². The van der Waals surface area contributed by atoms with Gasteiger partial charge in [0.1, 0.15) is 6.04 Å². The third-order valence-electron chi connectivity index (χ3n) is 6.33. The highest BCUT2D eigenvalue weighted by molar-refractivity contribution is 6.24. The predicted molar refractivity (Wildman–Crippen MR) is 105 cm³/mol. The van der Waals surface area contributed by atoms with Crippen molar-refractivity contribution in [2.24, 2.45) is 5.41 Å². The lowest BCUT2D eigenvalue weighted by Gasteiger charge is -2.34. The van der Waals surface area contributed by atoms with Crippen molar-refractivity contribution in [1.82, 2.24) is 20.4 Å². The summed E-state index contributed by atoms with van der Waals surface area (Å²) in [7, 11) is 2.03. The minimum atomic E-state index is -0.941. The van der Waals surface area contributed by atoms with Crippen LogP contribution in [-0.4, -0.2) is 65.6 Å². The van der Waals surface area contributed by atoms with Gasteiger partial charge in [0.25, 0.3) is 11.8 Å². The van der Waals surface area contributed by atoms with E-state index in [-0.39, 0.29) is 24.2 Å². The molecule has 3 aliphatic heterocycles. The quantitative estimate of drug-likeness (QED) is 0.718. The first kappa shape index (κ1) is 19.7. The van der Waals surface area contributed by atoms with Gasteiger partial charge in [-0.15, -0.1) is 0 Å². The minimum Gasteiger partial charge on any atom is -0.315 e.